The fourth-order valence-corrected chi connectivity index (χ4v) is 3.73. The van der Waals surface area contributed by atoms with E-state index in [1.54, 1.807) is 0 Å². The number of rotatable bonds is 7. The van der Waals surface area contributed by atoms with E-state index in [1.165, 1.54) is 22.0 Å². The molecule has 0 spiro atoms. The Morgan fingerprint density at radius 2 is 1.90 bits per heavy atom. The Kier molecular flexibility index (Phi) is 7.73. The van der Waals surface area contributed by atoms with Crippen LogP contribution < -0.4 is 10.6 Å². The number of para-hydroxylation sites is 3. The normalized spacial score (nSPS) is 11.6. The molecule has 0 atom stereocenters. The van der Waals surface area contributed by atoms with Crippen molar-refractivity contribution in [2.75, 3.05) is 19.6 Å². The number of hydrogen-bond acceptors (Lipinski definition) is 2. The first-order valence-corrected chi connectivity index (χ1v) is 10.3. The molecule has 0 saturated heterocycles. The zero-order chi connectivity index (χ0) is 20.1. The molecule has 2 aromatic carbocycles. The van der Waals surface area contributed by atoms with Crippen molar-refractivity contribution in [3.05, 3.63) is 66.1 Å². The summed E-state index contributed by atoms with van der Waals surface area (Å²) in [7, 11) is 0. The minimum Gasteiger partial charge on any atom is -0.361 e. The summed E-state index contributed by atoms with van der Waals surface area (Å²) >= 11 is 0. The number of aromatic amines is 1. The summed E-state index contributed by atoms with van der Waals surface area (Å²) in [5.74, 6) is 1.89. The number of nitrogens with one attached hydrogen (secondary N) is 3. The maximum Gasteiger partial charge on any atom is 0.191 e. The van der Waals surface area contributed by atoms with Crippen molar-refractivity contribution >= 4 is 51.9 Å². The van der Waals surface area contributed by atoms with Crippen LogP contribution in [-0.2, 0) is 13.0 Å². The molecule has 0 fully saturated rings. The van der Waals surface area contributed by atoms with Gasteiger partial charge in [-0.25, -0.2) is 4.98 Å². The van der Waals surface area contributed by atoms with Gasteiger partial charge in [0.1, 0.15) is 5.82 Å². The number of imidazole rings is 1. The summed E-state index contributed by atoms with van der Waals surface area (Å²) in [4.78, 5) is 12.7. The second kappa shape index (κ2) is 10.5. The lowest BCUT2D eigenvalue weighted by molar-refractivity contribution is 0.660. The summed E-state index contributed by atoms with van der Waals surface area (Å²) in [6, 6.07) is 16.7. The van der Waals surface area contributed by atoms with Crippen LogP contribution in [0.1, 0.15) is 18.3 Å². The summed E-state index contributed by atoms with van der Waals surface area (Å²) < 4.78 is 2.25. The molecule has 0 aliphatic heterocycles. The van der Waals surface area contributed by atoms with Gasteiger partial charge >= 0.3 is 0 Å². The first kappa shape index (κ1) is 22.1. The van der Waals surface area contributed by atoms with Crippen molar-refractivity contribution in [2.24, 2.45) is 4.99 Å². The number of halogens is 1. The quantitative estimate of drug-likeness (QED) is 0.196. The largest absolute Gasteiger partial charge is 0.361 e. The lowest BCUT2D eigenvalue weighted by Gasteiger charge is -2.13. The zero-order valence-electron chi connectivity index (χ0n) is 17.5. The third kappa shape index (κ3) is 4.95. The van der Waals surface area contributed by atoms with Crippen LogP contribution in [0.4, 0.5) is 0 Å². The van der Waals surface area contributed by atoms with Crippen LogP contribution in [0.5, 0.6) is 0 Å². The maximum atomic E-state index is 4.75. The molecule has 0 unspecified atom stereocenters. The fraction of sp³-hybridized carbons (Fsp3) is 0.304. The lowest BCUT2D eigenvalue weighted by Crippen LogP contribution is -2.39. The molecule has 3 N–H and O–H groups in total. The van der Waals surface area contributed by atoms with Crippen molar-refractivity contribution < 1.29 is 0 Å². The molecule has 7 heteroatoms. The van der Waals surface area contributed by atoms with E-state index < -0.39 is 0 Å². The highest BCUT2D eigenvalue weighted by atomic mass is 127. The van der Waals surface area contributed by atoms with Gasteiger partial charge in [-0.2, -0.15) is 0 Å². The Balaban J connectivity index is 0.00000256. The van der Waals surface area contributed by atoms with Gasteiger partial charge in [-0.05, 0) is 44.0 Å². The average Bonchev–Trinajstić information content (AvgIpc) is 3.29. The Labute approximate surface area is 194 Å². The molecule has 0 aliphatic rings. The third-order valence-corrected chi connectivity index (χ3v) is 5.14. The molecule has 0 radical (unpaired) electrons. The third-order valence-electron chi connectivity index (χ3n) is 5.14. The van der Waals surface area contributed by atoms with Crippen LogP contribution in [0.15, 0.2) is 59.7 Å². The molecule has 2 heterocycles. The van der Waals surface area contributed by atoms with Gasteiger partial charge in [0.2, 0.25) is 0 Å². The minimum absolute atomic E-state index is 0. The predicted molar refractivity (Wildman–Crippen MR) is 136 cm³/mol. The maximum absolute atomic E-state index is 4.75. The van der Waals surface area contributed by atoms with E-state index in [1.807, 2.05) is 6.07 Å². The monoisotopic (exact) mass is 516 g/mol. The molecule has 4 aromatic rings. The molecule has 0 aliphatic carbocycles. The molecule has 0 saturated carbocycles. The van der Waals surface area contributed by atoms with Crippen LogP contribution in [0.3, 0.4) is 0 Å². The number of hydrogen-bond donors (Lipinski definition) is 3. The molecular weight excluding hydrogens is 487 g/mol. The van der Waals surface area contributed by atoms with E-state index in [2.05, 4.69) is 87.7 Å². The zero-order valence-corrected chi connectivity index (χ0v) is 19.8. The molecule has 30 heavy (non-hydrogen) atoms. The van der Waals surface area contributed by atoms with Gasteiger partial charge in [-0.1, -0.05) is 30.3 Å². The number of guanidine groups is 1. The summed E-state index contributed by atoms with van der Waals surface area (Å²) in [5.41, 5.74) is 4.71. The highest BCUT2D eigenvalue weighted by Gasteiger charge is 2.07. The van der Waals surface area contributed by atoms with Crippen molar-refractivity contribution in [3.8, 4) is 0 Å². The van der Waals surface area contributed by atoms with Crippen molar-refractivity contribution in [1.29, 1.82) is 0 Å². The topological polar surface area (TPSA) is 70.0 Å². The first-order chi connectivity index (χ1) is 14.3. The van der Waals surface area contributed by atoms with Gasteiger partial charge in [0, 0.05) is 43.3 Å². The number of aromatic nitrogens is 3. The number of aryl methyl sites for hydroxylation is 1. The van der Waals surface area contributed by atoms with Gasteiger partial charge in [-0.15, -0.1) is 24.0 Å². The summed E-state index contributed by atoms with van der Waals surface area (Å²) in [6.07, 6.45) is 3.00. The van der Waals surface area contributed by atoms with Crippen LogP contribution in [-0.4, -0.2) is 40.1 Å². The second-order valence-electron chi connectivity index (χ2n) is 7.10. The molecule has 158 valence electrons. The van der Waals surface area contributed by atoms with E-state index in [-0.39, 0.29) is 24.0 Å². The van der Waals surface area contributed by atoms with Crippen molar-refractivity contribution in [1.82, 2.24) is 25.2 Å². The smallest absolute Gasteiger partial charge is 0.191 e. The Hall–Kier alpha value is -2.55. The summed E-state index contributed by atoms with van der Waals surface area (Å²) in [5, 5.41) is 8.07. The van der Waals surface area contributed by atoms with Gasteiger partial charge in [0.05, 0.1) is 11.0 Å². The molecule has 4 rings (SSSR count). The number of aliphatic imine (C=N–C) groups is 1. The van der Waals surface area contributed by atoms with Crippen LogP contribution in [0.2, 0.25) is 0 Å². The van der Waals surface area contributed by atoms with Crippen LogP contribution in [0.25, 0.3) is 21.9 Å². The van der Waals surface area contributed by atoms with Crippen LogP contribution in [0, 0.1) is 6.92 Å². The summed E-state index contributed by atoms with van der Waals surface area (Å²) in [6.45, 7) is 7.36. The fourth-order valence-electron chi connectivity index (χ4n) is 3.73. The van der Waals surface area contributed by atoms with Gasteiger partial charge < -0.3 is 20.2 Å². The number of nitrogens with zero attached hydrogens (tertiary/aromatic N) is 3. The Bertz CT molecular complexity index is 1130. The molecule has 6 nitrogen and oxygen atoms in total. The van der Waals surface area contributed by atoms with Crippen molar-refractivity contribution in [2.45, 2.75) is 26.8 Å². The predicted octanol–water partition coefficient (Wildman–Crippen LogP) is 4.24. The van der Waals surface area contributed by atoms with E-state index in [0.29, 0.717) is 0 Å². The standard InChI is InChI=1S/C23H28N6.HI/c1-3-24-23(25-13-12-18-16-27-20-9-5-4-8-19(18)20)26-14-15-29-17(2)28-21-10-6-7-11-22(21)29;/h4-11,16,27H,3,12-15H2,1-2H3,(H2,24,25,26);1H. The van der Waals surface area contributed by atoms with E-state index >= 15 is 0 Å². The van der Waals surface area contributed by atoms with E-state index in [0.717, 1.165) is 49.9 Å². The van der Waals surface area contributed by atoms with E-state index in [9.17, 15) is 0 Å². The minimum atomic E-state index is 0. The molecular formula is C23H29IN6. The molecule has 2 aromatic heterocycles. The lowest BCUT2D eigenvalue weighted by atomic mass is 10.1. The van der Waals surface area contributed by atoms with E-state index in [4.69, 9.17) is 4.99 Å². The number of benzene rings is 2. The highest BCUT2D eigenvalue weighted by Crippen LogP contribution is 2.18. The molecule has 0 amide bonds. The van der Waals surface area contributed by atoms with Gasteiger partial charge in [0.25, 0.3) is 0 Å². The highest BCUT2D eigenvalue weighted by molar-refractivity contribution is 14.0. The average molecular weight is 516 g/mol. The molecule has 0 bridgehead atoms. The van der Waals surface area contributed by atoms with Gasteiger partial charge in [0.15, 0.2) is 5.96 Å². The SMILES string of the molecule is CCNC(=NCCc1c[nH]c2ccccc12)NCCn1c(C)nc2ccccc21.I. The second-order valence-corrected chi connectivity index (χ2v) is 7.10. The number of H-pyrrole nitrogens is 1. The van der Waals surface area contributed by atoms with Gasteiger partial charge in [-0.3, -0.25) is 4.99 Å². The number of fused-ring (bicyclic) bond motifs is 2. The first-order valence-electron chi connectivity index (χ1n) is 10.3. The Morgan fingerprint density at radius 1 is 1.10 bits per heavy atom. The van der Waals surface area contributed by atoms with Crippen molar-refractivity contribution in [3.63, 3.8) is 0 Å². The Morgan fingerprint density at radius 3 is 2.77 bits per heavy atom. The van der Waals surface area contributed by atoms with Crippen LogP contribution >= 0.6 is 24.0 Å².